The molecule has 0 spiro atoms. The van der Waals surface area contributed by atoms with Gasteiger partial charge in [0.15, 0.2) is 5.17 Å². The van der Waals surface area contributed by atoms with E-state index in [0.717, 1.165) is 0 Å². The summed E-state index contributed by atoms with van der Waals surface area (Å²) in [7, 11) is 0. The van der Waals surface area contributed by atoms with Crippen LogP contribution in [-0.2, 0) is 9.59 Å². The number of nitrogens with zero attached hydrogens (tertiary/aromatic N) is 1. The maximum atomic E-state index is 12.1. The summed E-state index contributed by atoms with van der Waals surface area (Å²) in [6, 6.07) is 13.0. The molecule has 6 nitrogen and oxygen atoms in total. The van der Waals surface area contributed by atoms with Gasteiger partial charge in [-0.1, -0.05) is 23.4 Å². The second-order valence-electron chi connectivity index (χ2n) is 5.29. The zero-order chi connectivity index (χ0) is 17.8. The summed E-state index contributed by atoms with van der Waals surface area (Å²) in [6.45, 7) is 0. The summed E-state index contributed by atoms with van der Waals surface area (Å²) >= 11 is 7.00. The average molecular weight is 376 g/mol. The molecule has 2 aromatic carbocycles. The quantitative estimate of drug-likeness (QED) is 0.764. The van der Waals surface area contributed by atoms with Crippen molar-refractivity contribution in [2.24, 2.45) is 4.99 Å². The first kappa shape index (κ1) is 17.3. The van der Waals surface area contributed by atoms with Crippen molar-refractivity contribution >= 4 is 51.7 Å². The first-order chi connectivity index (χ1) is 12.0. The number of aliphatic imine (C=N–C) groups is 1. The molecule has 3 N–H and O–H groups in total. The first-order valence-corrected chi connectivity index (χ1v) is 8.66. The Morgan fingerprint density at radius 1 is 1.20 bits per heavy atom. The summed E-state index contributed by atoms with van der Waals surface area (Å²) in [5.41, 5.74) is 1.22. The number of anilines is 1. The number of aromatic hydroxyl groups is 1. The molecule has 2 amide bonds. The van der Waals surface area contributed by atoms with Crippen molar-refractivity contribution in [3.8, 4) is 5.75 Å². The predicted molar refractivity (Wildman–Crippen MR) is 99.4 cm³/mol. The molecule has 8 heteroatoms. The normalized spacial score (nSPS) is 18.2. The number of hydrogen-bond acceptors (Lipinski definition) is 5. The largest absolute Gasteiger partial charge is 0.508 e. The van der Waals surface area contributed by atoms with E-state index >= 15 is 0 Å². The number of nitrogens with one attached hydrogen (secondary N) is 2. The fourth-order valence-corrected chi connectivity index (χ4v) is 3.26. The van der Waals surface area contributed by atoms with Crippen LogP contribution in [0.5, 0.6) is 5.75 Å². The number of carbonyl (C=O) groups excluding carboxylic acids is 2. The van der Waals surface area contributed by atoms with Gasteiger partial charge >= 0.3 is 0 Å². The van der Waals surface area contributed by atoms with Gasteiger partial charge in [0.2, 0.25) is 11.8 Å². The van der Waals surface area contributed by atoms with E-state index in [1.165, 1.54) is 23.9 Å². The average Bonchev–Trinajstić information content (AvgIpc) is 2.91. The highest BCUT2D eigenvalue weighted by molar-refractivity contribution is 8.15. The lowest BCUT2D eigenvalue weighted by Gasteiger charge is -2.07. The van der Waals surface area contributed by atoms with Gasteiger partial charge in [-0.2, -0.15) is 0 Å². The van der Waals surface area contributed by atoms with E-state index in [-0.39, 0.29) is 24.0 Å². The number of amides is 2. The Kier molecular flexibility index (Phi) is 5.25. The molecule has 0 aromatic heterocycles. The fraction of sp³-hybridized carbons (Fsp3) is 0.118. The molecule has 1 fully saturated rings. The van der Waals surface area contributed by atoms with Gasteiger partial charge in [0.25, 0.3) is 0 Å². The lowest BCUT2D eigenvalue weighted by molar-refractivity contribution is -0.122. The molecule has 0 saturated carbocycles. The second-order valence-corrected chi connectivity index (χ2v) is 6.92. The molecule has 0 aliphatic carbocycles. The van der Waals surface area contributed by atoms with Crippen molar-refractivity contribution in [1.82, 2.24) is 5.32 Å². The molecule has 25 heavy (non-hydrogen) atoms. The van der Waals surface area contributed by atoms with Crippen LogP contribution in [-0.4, -0.2) is 27.3 Å². The van der Waals surface area contributed by atoms with Crippen LogP contribution in [0.4, 0.5) is 11.4 Å². The van der Waals surface area contributed by atoms with Gasteiger partial charge in [0.1, 0.15) is 11.0 Å². The number of carbonyl (C=O) groups is 2. The zero-order valence-corrected chi connectivity index (χ0v) is 14.5. The highest BCUT2D eigenvalue weighted by atomic mass is 35.5. The third-order valence-electron chi connectivity index (χ3n) is 3.36. The third kappa shape index (κ3) is 4.74. The highest BCUT2D eigenvalue weighted by Gasteiger charge is 2.32. The van der Waals surface area contributed by atoms with Crippen LogP contribution in [0.25, 0.3) is 0 Å². The van der Waals surface area contributed by atoms with Gasteiger partial charge in [-0.15, -0.1) is 0 Å². The van der Waals surface area contributed by atoms with E-state index in [4.69, 9.17) is 11.6 Å². The topological polar surface area (TPSA) is 90.8 Å². The Balaban J connectivity index is 1.59. The number of benzene rings is 2. The molecule has 0 unspecified atom stereocenters. The van der Waals surface area contributed by atoms with Crippen molar-refractivity contribution in [1.29, 1.82) is 0 Å². The minimum atomic E-state index is -0.539. The molecular formula is C17H14ClN3O3S. The molecule has 0 bridgehead atoms. The summed E-state index contributed by atoms with van der Waals surface area (Å²) in [5, 5.41) is 15.1. The van der Waals surface area contributed by atoms with Crippen molar-refractivity contribution in [2.45, 2.75) is 11.7 Å². The van der Waals surface area contributed by atoms with Gasteiger partial charge in [-0.05, 0) is 48.5 Å². The van der Waals surface area contributed by atoms with Crippen LogP contribution < -0.4 is 10.6 Å². The monoisotopic (exact) mass is 375 g/mol. The molecule has 128 valence electrons. The van der Waals surface area contributed by atoms with E-state index in [1.807, 2.05) is 0 Å². The minimum absolute atomic E-state index is 0.0354. The third-order valence-corrected chi connectivity index (χ3v) is 4.69. The molecular weight excluding hydrogens is 362 g/mol. The number of phenols is 1. The molecule has 2 aromatic rings. The van der Waals surface area contributed by atoms with Crippen molar-refractivity contribution < 1.29 is 14.7 Å². The maximum absolute atomic E-state index is 12.1. The maximum Gasteiger partial charge on any atom is 0.240 e. The summed E-state index contributed by atoms with van der Waals surface area (Å²) in [6.07, 6.45) is 0.0354. The van der Waals surface area contributed by atoms with E-state index in [9.17, 15) is 14.7 Å². The number of thioether (sulfide) groups is 1. The van der Waals surface area contributed by atoms with Crippen LogP contribution in [0.15, 0.2) is 53.5 Å². The van der Waals surface area contributed by atoms with E-state index in [2.05, 4.69) is 15.6 Å². The number of halogens is 1. The molecule has 1 atom stereocenters. The van der Waals surface area contributed by atoms with Crippen LogP contribution in [0.1, 0.15) is 6.42 Å². The lowest BCUT2D eigenvalue weighted by Crippen LogP contribution is -2.28. The molecule has 1 saturated heterocycles. The molecule has 1 heterocycles. The van der Waals surface area contributed by atoms with Crippen molar-refractivity contribution in [3.05, 3.63) is 53.6 Å². The fourth-order valence-electron chi connectivity index (χ4n) is 2.15. The highest BCUT2D eigenvalue weighted by Crippen LogP contribution is 2.26. The summed E-state index contributed by atoms with van der Waals surface area (Å²) in [4.78, 5) is 28.4. The predicted octanol–water partition coefficient (Wildman–Crippen LogP) is 3.29. The van der Waals surface area contributed by atoms with Crippen LogP contribution in [0.2, 0.25) is 5.02 Å². The Labute approximate surface area is 153 Å². The van der Waals surface area contributed by atoms with Gasteiger partial charge in [0.05, 0.1) is 5.69 Å². The number of hydrogen-bond donors (Lipinski definition) is 3. The van der Waals surface area contributed by atoms with Gasteiger partial charge in [-0.25, -0.2) is 4.99 Å². The number of amidine groups is 1. The van der Waals surface area contributed by atoms with Gasteiger partial charge < -0.3 is 15.7 Å². The smallest absolute Gasteiger partial charge is 0.240 e. The number of rotatable bonds is 4. The van der Waals surface area contributed by atoms with Gasteiger partial charge in [0, 0.05) is 17.1 Å². The van der Waals surface area contributed by atoms with Crippen LogP contribution in [0.3, 0.4) is 0 Å². The second kappa shape index (κ2) is 7.58. The van der Waals surface area contributed by atoms with Crippen LogP contribution >= 0.6 is 23.4 Å². The van der Waals surface area contributed by atoms with Crippen molar-refractivity contribution in [2.75, 3.05) is 5.32 Å². The standard InChI is InChI=1S/C17H14ClN3O3S/c18-10-1-3-11(4-2-10)19-15(23)9-14-16(24)21-17(25-14)20-12-5-7-13(22)8-6-12/h1-8,14,22H,9H2,(H,19,23)(H,20,21,24)/t14-/m0/s1. The number of phenolic OH excluding ortho intramolecular Hbond substituents is 1. The van der Waals surface area contributed by atoms with Crippen LogP contribution in [0, 0.1) is 0 Å². The molecule has 3 rings (SSSR count). The van der Waals surface area contributed by atoms with Gasteiger partial charge in [-0.3, -0.25) is 9.59 Å². The SMILES string of the molecule is O=C(C[C@@H]1SC(=Nc2ccc(O)cc2)NC1=O)Nc1ccc(Cl)cc1. The Morgan fingerprint density at radius 3 is 2.56 bits per heavy atom. The van der Waals surface area contributed by atoms with E-state index in [1.54, 1.807) is 36.4 Å². The zero-order valence-electron chi connectivity index (χ0n) is 12.9. The summed E-state index contributed by atoms with van der Waals surface area (Å²) in [5.74, 6) is -0.376. The Hall–Kier alpha value is -2.51. The molecule has 1 aliphatic rings. The van der Waals surface area contributed by atoms with E-state index in [0.29, 0.717) is 21.6 Å². The molecule has 1 aliphatic heterocycles. The van der Waals surface area contributed by atoms with Crippen molar-refractivity contribution in [3.63, 3.8) is 0 Å². The molecule has 0 radical (unpaired) electrons. The Morgan fingerprint density at radius 2 is 1.88 bits per heavy atom. The summed E-state index contributed by atoms with van der Waals surface area (Å²) < 4.78 is 0. The lowest BCUT2D eigenvalue weighted by atomic mass is 10.2. The minimum Gasteiger partial charge on any atom is -0.508 e. The first-order valence-electron chi connectivity index (χ1n) is 7.40. The van der Waals surface area contributed by atoms with E-state index < -0.39 is 5.25 Å². The Bertz CT molecular complexity index is 822.